The third kappa shape index (κ3) is 8.62. The van der Waals surface area contributed by atoms with Crippen LogP contribution in [0.25, 0.3) is 51.6 Å². The molecule has 0 saturated heterocycles. The van der Waals surface area contributed by atoms with E-state index in [1.807, 2.05) is 54.6 Å². The maximum Gasteiger partial charge on any atom is 0.343 e. The van der Waals surface area contributed by atoms with E-state index in [2.05, 4.69) is 19.7 Å². The largest absolute Gasteiger partial charge is 0.422 e. The molecule has 0 aliphatic heterocycles. The van der Waals surface area contributed by atoms with Crippen LogP contribution in [0.3, 0.4) is 0 Å². The Hall–Kier alpha value is -7.83. The van der Waals surface area contributed by atoms with Crippen LogP contribution < -0.4 is 14.2 Å². The van der Waals surface area contributed by atoms with Crippen LogP contribution in [0.15, 0.2) is 184 Å². The molecule has 0 aliphatic carbocycles. The average Bonchev–Trinajstić information content (AvgIpc) is 3.26. The minimum Gasteiger partial charge on any atom is -0.422 e. The molecule has 7 aromatic carbocycles. The lowest BCUT2D eigenvalue weighted by molar-refractivity contribution is 0.0726. The molecule has 57 heavy (non-hydrogen) atoms. The molecule has 276 valence electrons. The smallest absolute Gasteiger partial charge is 0.343 e. The first-order valence-electron chi connectivity index (χ1n) is 18.1. The summed E-state index contributed by atoms with van der Waals surface area (Å²) in [4.78, 5) is 40.3. The third-order valence-electron chi connectivity index (χ3n) is 9.28. The van der Waals surface area contributed by atoms with Crippen molar-refractivity contribution in [3.05, 3.63) is 217 Å². The first-order valence-corrected chi connectivity index (χ1v) is 18.1. The Morgan fingerprint density at radius 1 is 0.351 bits per heavy atom. The van der Waals surface area contributed by atoms with Gasteiger partial charge in [-0.1, -0.05) is 129 Å². The van der Waals surface area contributed by atoms with Gasteiger partial charge in [0.15, 0.2) is 0 Å². The number of rotatable bonds is 12. The maximum atomic E-state index is 13.4. The normalized spacial score (nSPS) is 10.5. The fraction of sp³-hybridized carbons (Fsp3) is 0. The Morgan fingerprint density at radius 2 is 0.596 bits per heavy atom. The van der Waals surface area contributed by atoms with E-state index < -0.39 is 17.9 Å². The molecule has 0 saturated carbocycles. The Kier molecular flexibility index (Phi) is 11.2. The second kappa shape index (κ2) is 17.1. The van der Waals surface area contributed by atoms with Crippen LogP contribution in [0.1, 0.15) is 47.8 Å². The van der Waals surface area contributed by atoms with E-state index in [0.29, 0.717) is 67.3 Å². The number of carbonyl (C=O) groups excluding carboxylic acids is 3. The van der Waals surface area contributed by atoms with Gasteiger partial charge in [0.05, 0.1) is 16.7 Å². The van der Waals surface area contributed by atoms with Crippen molar-refractivity contribution in [2.24, 2.45) is 0 Å². The van der Waals surface area contributed by atoms with Gasteiger partial charge in [-0.3, -0.25) is 0 Å². The molecule has 0 aromatic heterocycles. The molecule has 7 aromatic rings. The van der Waals surface area contributed by atoms with Gasteiger partial charge >= 0.3 is 17.9 Å². The van der Waals surface area contributed by atoms with E-state index >= 15 is 0 Å². The van der Waals surface area contributed by atoms with Gasteiger partial charge in [-0.15, -0.1) is 0 Å². The van der Waals surface area contributed by atoms with Crippen molar-refractivity contribution >= 4 is 36.1 Å². The number of esters is 3. The SMILES string of the molecule is C=Cc1ccc(C(=O)Oc2ccccc2-c2cc(-c3ccccc3OC(=O)c3ccc(C=C)cc3)cc(-c3ccccc3OC(=O)c3ccc(C=C)cc3)c2)cc1. The molecule has 0 spiro atoms. The van der Waals surface area contributed by atoms with Crippen molar-refractivity contribution in [2.75, 3.05) is 0 Å². The number of hydrogen-bond acceptors (Lipinski definition) is 6. The molecule has 0 bridgehead atoms. The van der Waals surface area contributed by atoms with Crippen molar-refractivity contribution in [2.45, 2.75) is 0 Å². The highest BCUT2D eigenvalue weighted by atomic mass is 16.5. The van der Waals surface area contributed by atoms with E-state index in [1.54, 1.807) is 127 Å². The molecule has 0 fully saturated rings. The van der Waals surface area contributed by atoms with Gasteiger partial charge in [-0.05, 0) is 106 Å². The van der Waals surface area contributed by atoms with Crippen LogP contribution in [0.5, 0.6) is 17.2 Å². The molecule has 0 unspecified atom stereocenters. The highest BCUT2D eigenvalue weighted by Crippen LogP contribution is 2.41. The standard InChI is InChI=1S/C51H36O6/c1-4-34-19-25-37(26-20-34)49(52)55-46-16-10-7-13-43(46)40-31-41(44-14-8-11-17-47(44)56-50(53)38-27-21-35(5-2)22-28-38)33-42(32-40)45-15-9-12-18-48(45)57-51(54)39-29-23-36(6-3)24-30-39/h4-33H,1-3H2. The van der Waals surface area contributed by atoms with Crippen LogP contribution in [0.4, 0.5) is 0 Å². The highest BCUT2D eigenvalue weighted by molar-refractivity contribution is 5.96. The zero-order chi connectivity index (χ0) is 39.7. The molecule has 0 amide bonds. The summed E-state index contributed by atoms with van der Waals surface area (Å²) in [7, 11) is 0. The van der Waals surface area contributed by atoms with Crippen molar-refractivity contribution in [1.29, 1.82) is 0 Å². The Balaban J connectivity index is 1.32. The molecule has 7 rings (SSSR count). The van der Waals surface area contributed by atoms with Crippen molar-refractivity contribution < 1.29 is 28.6 Å². The van der Waals surface area contributed by atoms with E-state index in [9.17, 15) is 14.4 Å². The van der Waals surface area contributed by atoms with E-state index in [-0.39, 0.29) is 0 Å². The Labute approximate surface area is 331 Å². The molecule has 0 radical (unpaired) electrons. The van der Waals surface area contributed by atoms with Crippen LogP contribution in [0, 0.1) is 0 Å². The number of ether oxygens (including phenoxy) is 3. The second-order valence-corrected chi connectivity index (χ2v) is 12.9. The van der Waals surface area contributed by atoms with Gasteiger partial charge in [0, 0.05) is 16.7 Å². The molecule has 6 heteroatoms. The molecule has 0 heterocycles. The van der Waals surface area contributed by atoms with E-state index in [1.165, 1.54) is 0 Å². The van der Waals surface area contributed by atoms with E-state index in [0.717, 1.165) is 16.7 Å². The number of hydrogen-bond donors (Lipinski definition) is 0. The quantitative estimate of drug-likeness (QED) is 0.0915. The molecule has 0 N–H and O–H groups in total. The zero-order valence-corrected chi connectivity index (χ0v) is 30.9. The van der Waals surface area contributed by atoms with Gasteiger partial charge in [0.1, 0.15) is 17.2 Å². The highest BCUT2D eigenvalue weighted by Gasteiger charge is 2.20. The molecule has 0 aliphatic rings. The van der Waals surface area contributed by atoms with Crippen molar-refractivity contribution in [3.63, 3.8) is 0 Å². The van der Waals surface area contributed by atoms with Crippen molar-refractivity contribution in [1.82, 2.24) is 0 Å². The lowest BCUT2D eigenvalue weighted by Gasteiger charge is -2.17. The molecular formula is C51H36O6. The predicted octanol–water partition coefficient (Wildman–Crippen LogP) is 12.3. The van der Waals surface area contributed by atoms with E-state index in [4.69, 9.17) is 14.2 Å². The monoisotopic (exact) mass is 744 g/mol. The van der Waals surface area contributed by atoms with Gasteiger partial charge < -0.3 is 14.2 Å². The van der Waals surface area contributed by atoms with Gasteiger partial charge in [0.25, 0.3) is 0 Å². The summed E-state index contributed by atoms with van der Waals surface area (Å²) in [5.74, 6) is -0.556. The molecule has 0 atom stereocenters. The zero-order valence-electron chi connectivity index (χ0n) is 30.9. The first kappa shape index (κ1) is 37.5. The third-order valence-corrected chi connectivity index (χ3v) is 9.28. The lowest BCUT2D eigenvalue weighted by Crippen LogP contribution is -2.09. The Bertz CT molecular complexity index is 2330. The predicted molar refractivity (Wildman–Crippen MR) is 227 cm³/mol. The summed E-state index contributed by atoms with van der Waals surface area (Å²) in [6.45, 7) is 11.3. The maximum absolute atomic E-state index is 13.4. The van der Waals surface area contributed by atoms with Crippen LogP contribution in [0.2, 0.25) is 0 Å². The fourth-order valence-corrected chi connectivity index (χ4v) is 6.22. The lowest BCUT2D eigenvalue weighted by atomic mass is 9.92. The molecule has 6 nitrogen and oxygen atoms in total. The molecular weight excluding hydrogens is 709 g/mol. The van der Waals surface area contributed by atoms with Gasteiger partial charge in [-0.2, -0.15) is 0 Å². The fourth-order valence-electron chi connectivity index (χ4n) is 6.22. The number of carbonyl (C=O) groups is 3. The first-order chi connectivity index (χ1) is 27.8. The summed E-state index contributed by atoms with van der Waals surface area (Å²) < 4.78 is 18.1. The van der Waals surface area contributed by atoms with Crippen LogP contribution in [-0.2, 0) is 0 Å². The second-order valence-electron chi connectivity index (χ2n) is 12.9. The minimum absolute atomic E-state index is 0.337. The average molecular weight is 745 g/mol. The number of benzene rings is 7. The summed E-state index contributed by atoms with van der Waals surface area (Å²) >= 11 is 0. The summed E-state index contributed by atoms with van der Waals surface area (Å²) in [6.07, 6.45) is 5.11. The summed E-state index contributed by atoms with van der Waals surface area (Å²) in [6, 6.07) is 48.5. The van der Waals surface area contributed by atoms with Crippen LogP contribution >= 0.6 is 0 Å². The minimum atomic E-state index is -0.522. The number of para-hydroxylation sites is 3. The van der Waals surface area contributed by atoms with Crippen molar-refractivity contribution in [3.8, 4) is 50.6 Å². The van der Waals surface area contributed by atoms with Gasteiger partial charge in [0.2, 0.25) is 0 Å². The van der Waals surface area contributed by atoms with Gasteiger partial charge in [-0.25, -0.2) is 14.4 Å². The topological polar surface area (TPSA) is 78.9 Å². The Morgan fingerprint density at radius 3 is 0.842 bits per heavy atom. The van der Waals surface area contributed by atoms with Crippen LogP contribution in [-0.4, -0.2) is 17.9 Å². The summed E-state index contributed by atoms with van der Waals surface area (Å²) in [5, 5.41) is 0. The summed E-state index contributed by atoms with van der Waals surface area (Å²) in [5.41, 5.74) is 7.75.